The minimum Gasteiger partial charge on any atom is -0.508 e. The third-order valence-electron chi connectivity index (χ3n) is 6.51. The highest BCUT2D eigenvalue weighted by Crippen LogP contribution is 2.54. The lowest BCUT2D eigenvalue weighted by Crippen LogP contribution is -2.45. The van der Waals surface area contributed by atoms with E-state index in [0.29, 0.717) is 18.1 Å². The van der Waals surface area contributed by atoms with Crippen LogP contribution in [0.25, 0.3) is 0 Å². The number of aryl methyl sites for hydroxylation is 1. The second kappa shape index (κ2) is 7.38. The van der Waals surface area contributed by atoms with Gasteiger partial charge in [0.1, 0.15) is 17.1 Å². The van der Waals surface area contributed by atoms with E-state index in [-0.39, 0.29) is 40.9 Å². The molecule has 0 spiro atoms. The molecule has 5 heteroatoms. The normalized spacial score (nSPS) is 21.8. The van der Waals surface area contributed by atoms with Crippen LogP contribution in [0.1, 0.15) is 67.4 Å². The van der Waals surface area contributed by atoms with Gasteiger partial charge in [0, 0.05) is 29.9 Å². The molecule has 0 fully saturated rings. The van der Waals surface area contributed by atoms with E-state index in [9.17, 15) is 20.1 Å². The Morgan fingerprint density at radius 3 is 2.63 bits per heavy atom. The highest BCUT2D eigenvalue weighted by atomic mass is 16.5. The highest BCUT2D eigenvalue weighted by molar-refractivity contribution is 5.98. The number of ketones is 1. The quantitative estimate of drug-likeness (QED) is 0.476. The van der Waals surface area contributed by atoms with Crippen LogP contribution in [0.3, 0.4) is 0 Å². The molecule has 2 unspecified atom stereocenters. The van der Waals surface area contributed by atoms with Crippen molar-refractivity contribution in [3.63, 3.8) is 0 Å². The summed E-state index contributed by atoms with van der Waals surface area (Å²) in [7, 11) is 0. The summed E-state index contributed by atoms with van der Waals surface area (Å²) in [4.78, 5) is 12.7. The Hall–Kier alpha value is -2.95. The average Bonchev–Trinajstić information content (AvgIpc) is 2.67. The largest absolute Gasteiger partial charge is 0.508 e. The minimum atomic E-state index is -0.390. The molecule has 1 aliphatic heterocycles. The molecule has 0 amide bonds. The van der Waals surface area contributed by atoms with Crippen molar-refractivity contribution < 1.29 is 24.9 Å². The van der Waals surface area contributed by atoms with Gasteiger partial charge in [-0.3, -0.25) is 4.79 Å². The van der Waals surface area contributed by atoms with Gasteiger partial charge in [-0.15, -0.1) is 0 Å². The zero-order chi connectivity index (χ0) is 21.6. The molecule has 2 aliphatic rings. The molecular weight excluding hydrogens is 380 g/mol. The number of phenols is 3. The van der Waals surface area contributed by atoms with E-state index in [4.69, 9.17) is 4.74 Å². The average molecular weight is 408 g/mol. The summed E-state index contributed by atoms with van der Waals surface area (Å²) < 4.78 is 6.29. The van der Waals surface area contributed by atoms with E-state index in [1.807, 2.05) is 6.07 Å². The van der Waals surface area contributed by atoms with Crippen LogP contribution in [0, 0.1) is 5.92 Å². The van der Waals surface area contributed by atoms with Crippen molar-refractivity contribution in [1.82, 2.24) is 0 Å². The van der Waals surface area contributed by atoms with E-state index in [1.165, 1.54) is 23.8 Å². The number of rotatable bonds is 4. The lowest BCUT2D eigenvalue weighted by atomic mass is 9.67. The van der Waals surface area contributed by atoms with Gasteiger partial charge in [0.05, 0.1) is 5.56 Å². The topological polar surface area (TPSA) is 87.0 Å². The van der Waals surface area contributed by atoms with Crippen molar-refractivity contribution in [3.8, 4) is 23.0 Å². The van der Waals surface area contributed by atoms with Crippen LogP contribution in [0.4, 0.5) is 0 Å². The van der Waals surface area contributed by atoms with Crippen LogP contribution < -0.4 is 4.74 Å². The molecule has 0 saturated carbocycles. The Balaban J connectivity index is 1.68. The molecule has 2 aromatic carbocycles. The minimum absolute atomic E-state index is 0.0816. The van der Waals surface area contributed by atoms with Gasteiger partial charge < -0.3 is 20.1 Å². The SMILES string of the molecule is CC1=CC2c3c(CCC(=O)c4ccc(O)cc4O)ccc(O)c3OC(C)(C)C2CC1. The van der Waals surface area contributed by atoms with Gasteiger partial charge >= 0.3 is 0 Å². The van der Waals surface area contributed by atoms with Crippen LogP contribution in [-0.4, -0.2) is 26.7 Å². The Labute approximate surface area is 176 Å². The lowest BCUT2D eigenvalue weighted by molar-refractivity contribution is 0.00880. The molecule has 5 nitrogen and oxygen atoms in total. The zero-order valence-electron chi connectivity index (χ0n) is 17.6. The number of aromatic hydroxyl groups is 3. The first-order chi connectivity index (χ1) is 14.2. The predicted molar refractivity (Wildman–Crippen MR) is 114 cm³/mol. The van der Waals surface area contributed by atoms with Gasteiger partial charge in [-0.25, -0.2) is 0 Å². The van der Waals surface area contributed by atoms with Crippen LogP contribution in [0.2, 0.25) is 0 Å². The van der Waals surface area contributed by atoms with Crippen LogP contribution >= 0.6 is 0 Å². The number of carbonyl (C=O) groups is 1. The highest BCUT2D eigenvalue weighted by Gasteiger charge is 2.45. The lowest BCUT2D eigenvalue weighted by Gasteiger charge is -2.47. The second-order valence-electron chi connectivity index (χ2n) is 9.00. The first-order valence-corrected chi connectivity index (χ1v) is 10.4. The number of ether oxygens (including phenoxy) is 1. The fraction of sp³-hybridized carbons (Fsp3) is 0.400. The van der Waals surface area contributed by atoms with Gasteiger partial charge in [0.25, 0.3) is 0 Å². The maximum absolute atomic E-state index is 12.7. The van der Waals surface area contributed by atoms with Gasteiger partial charge in [-0.1, -0.05) is 17.7 Å². The summed E-state index contributed by atoms with van der Waals surface area (Å²) in [5.41, 5.74) is 3.09. The smallest absolute Gasteiger partial charge is 0.166 e. The molecule has 1 aliphatic carbocycles. The Bertz CT molecular complexity index is 1030. The van der Waals surface area contributed by atoms with E-state index < -0.39 is 5.60 Å². The second-order valence-corrected chi connectivity index (χ2v) is 9.00. The molecule has 4 rings (SSSR count). The monoisotopic (exact) mass is 408 g/mol. The molecule has 0 saturated heterocycles. The molecule has 0 radical (unpaired) electrons. The Morgan fingerprint density at radius 2 is 1.90 bits per heavy atom. The molecule has 2 atom stereocenters. The van der Waals surface area contributed by atoms with Crippen molar-refractivity contribution in [2.75, 3.05) is 0 Å². The summed E-state index contributed by atoms with van der Waals surface area (Å²) in [6.45, 7) is 6.29. The molecule has 158 valence electrons. The molecule has 2 aromatic rings. The maximum Gasteiger partial charge on any atom is 0.166 e. The number of fused-ring (bicyclic) bond motifs is 3. The molecule has 3 N–H and O–H groups in total. The number of Topliss-reactive ketones (excluding diaryl/α,β-unsaturated/α-hetero) is 1. The summed E-state index contributed by atoms with van der Waals surface area (Å²) >= 11 is 0. The first-order valence-electron chi connectivity index (χ1n) is 10.4. The van der Waals surface area contributed by atoms with Gasteiger partial charge in [0.15, 0.2) is 17.3 Å². The van der Waals surface area contributed by atoms with E-state index in [2.05, 4.69) is 26.8 Å². The number of benzene rings is 2. The van der Waals surface area contributed by atoms with Crippen molar-refractivity contribution in [2.45, 2.75) is 58.0 Å². The first kappa shape index (κ1) is 20.3. The Kier molecular flexibility index (Phi) is 5.00. The number of hydrogen-bond acceptors (Lipinski definition) is 5. The predicted octanol–water partition coefficient (Wildman–Crippen LogP) is 5.23. The van der Waals surface area contributed by atoms with E-state index >= 15 is 0 Å². The van der Waals surface area contributed by atoms with Crippen LogP contribution in [0.5, 0.6) is 23.0 Å². The Morgan fingerprint density at radius 1 is 1.13 bits per heavy atom. The van der Waals surface area contributed by atoms with E-state index in [0.717, 1.165) is 24.0 Å². The summed E-state index contributed by atoms with van der Waals surface area (Å²) in [6, 6.07) is 7.51. The number of hydrogen-bond donors (Lipinski definition) is 3. The van der Waals surface area contributed by atoms with Crippen molar-refractivity contribution in [1.29, 1.82) is 0 Å². The van der Waals surface area contributed by atoms with Crippen LogP contribution in [-0.2, 0) is 6.42 Å². The van der Waals surface area contributed by atoms with Gasteiger partial charge in [-0.2, -0.15) is 0 Å². The molecule has 0 bridgehead atoms. The number of allylic oxidation sites excluding steroid dienone is 2. The molecular formula is C25H28O5. The zero-order valence-corrected chi connectivity index (χ0v) is 17.6. The van der Waals surface area contributed by atoms with Crippen molar-refractivity contribution in [2.24, 2.45) is 5.92 Å². The summed E-state index contributed by atoms with van der Waals surface area (Å²) in [6.07, 6.45) is 5.03. The summed E-state index contributed by atoms with van der Waals surface area (Å²) in [5.74, 6) is 0.579. The number of carbonyl (C=O) groups excluding carboxylic acids is 1. The van der Waals surface area contributed by atoms with Gasteiger partial charge in [0.2, 0.25) is 0 Å². The van der Waals surface area contributed by atoms with Gasteiger partial charge in [-0.05, 0) is 63.8 Å². The van der Waals surface area contributed by atoms with Crippen molar-refractivity contribution >= 4 is 5.78 Å². The fourth-order valence-corrected chi connectivity index (χ4v) is 4.93. The molecule has 1 heterocycles. The number of phenolic OH excluding ortho intramolecular Hbond substituents is 3. The van der Waals surface area contributed by atoms with Crippen LogP contribution in [0.15, 0.2) is 42.0 Å². The van der Waals surface area contributed by atoms with Crippen molar-refractivity contribution in [3.05, 3.63) is 58.7 Å². The van der Waals surface area contributed by atoms with E-state index in [1.54, 1.807) is 6.07 Å². The third kappa shape index (κ3) is 3.53. The third-order valence-corrected chi connectivity index (χ3v) is 6.51. The molecule has 0 aromatic heterocycles. The summed E-state index contributed by atoms with van der Waals surface area (Å²) in [5, 5.41) is 29.9. The standard InChI is InChI=1S/C25H28O5/c1-14-4-9-19-18(12-14)23-15(6-11-21(28)24(23)30-25(19,2)3)5-10-20(27)17-8-7-16(26)13-22(17)29/h6-8,11-13,18-19,26,28-29H,4-5,9-10H2,1-3H3. The maximum atomic E-state index is 12.7. The fourth-order valence-electron chi connectivity index (χ4n) is 4.93. The molecule has 30 heavy (non-hydrogen) atoms.